The number of rotatable bonds is 2. The lowest BCUT2D eigenvalue weighted by Gasteiger charge is -2.38. The van der Waals surface area contributed by atoms with Gasteiger partial charge in [0.25, 0.3) is 0 Å². The van der Waals surface area contributed by atoms with E-state index >= 15 is 0 Å². The van der Waals surface area contributed by atoms with Crippen LogP contribution in [0.1, 0.15) is 37.4 Å². The first-order valence-electron chi connectivity index (χ1n) is 8.06. The first-order chi connectivity index (χ1) is 11.7. The molecule has 0 spiro atoms. The Labute approximate surface area is 151 Å². The molecular formula is C19H20F2N2OS. The molecule has 2 aromatic rings. The lowest BCUT2D eigenvalue weighted by atomic mass is 9.89. The molecule has 0 radical (unpaired) electrons. The highest BCUT2D eigenvalue weighted by atomic mass is 32.1. The van der Waals surface area contributed by atoms with Gasteiger partial charge >= 0.3 is 0 Å². The van der Waals surface area contributed by atoms with E-state index in [2.05, 4.69) is 10.6 Å². The zero-order chi connectivity index (χ0) is 18.2. The van der Waals surface area contributed by atoms with Crippen molar-refractivity contribution >= 4 is 23.0 Å². The van der Waals surface area contributed by atoms with Gasteiger partial charge in [0.05, 0.1) is 6.04 Å². The number of ether oxygens (including phenoxy) is 1. The van der Waals surface area contributed by atoms with E-state index in [0.717, 1.165) is 16.9 Å². The molecule has 1 unspecified atom stereocenters. The molecule has 2 N–H and O–H groups in total. The summed E-state index contributed by atoms with van der Waals surface area (Å²) in [5, 5.41) is 5.95. The molecule has 0 saturated carbocycles. The minimum Gasteiger partial charge on any atom is -0.487 e. The molecule has 0 bridgehead atoms. The van der Waals surface area contributed by atoms with E-state index in [4.69, 9.17) is 17.0 Å². The summed E-state index contributed by atoms with van der Waals surface area (Å²) in [6, 6.07) is 9.54. The van der Waals surface area contributed by atoms with Gasteiger partial charge in [0.15, 0.2) is 5.11 Å². The van der Waals surface area contributed by atoms with Crippen molar-refractivity contribution in [1.29, 1.82) is 0 Å². The molecule has 25 heavy (non-hydrogen) atoms. The minimum absolute atomic E-state index is 0.116. The van der Waals surface area contributed by atoms with Gasteiger partial charge in [0.1, 0.15) is 28.7 Å². The van der Waals surface area contributed by atoms with Crippen LogP contribution in [0.4, 0.5) is 14.5 Å². The number of aryl methyl sites for hydroxylation is 1. The highest BCUT2D eigenvalue weighted by molar-refractivity contribution is 7.80. The average molecular weight is 362 g/mol. The van der Waals surface area contributed by atoms with Crippen LogP contribution in [0.3, 0.4) is 0 Å². The highest BCUT2D eigenvalue weighted by Gasteiger charge is 2.34. The molecule has 0 aliphatic carbocycles. The van der Waals surface area contributed by atoms with E-state index < -0.39 is 11.6 Å². The second-order valence-electron chi connectivity index (χ2n) is 6.85. The molecule has 0 amide bonds. The fourth-order valence-electron chi connectivity index (χ4n) is 3.01. The van der Waals surface area contributed by atoms with Crippen molar-refractivity contribution in [1.82, 2.24) is 5.32 Å². The maximum Gasteiger partial charge on any atom is 0.171 e. The Bertz CT molecular complexity index is 803. The molecule has 132 valence electrons. The van der Waals surface area contributed by atoms with E-state index in [1.165, 1.54) is 18.2 Å². The van der Waals surface area contributed by atoms with Gasteiger partial charge in [-0.2, -0.15) is 0 Å². The Morgan fingerprint density at radius 1 is 1.20 bits per heavy atom. The van der Waals surface area contributed by atoms with Crippen molar-refractivity contribution in [3.8, 4) is 5.75 Å². The number of fused-ring (bicyclic) bond motifs is 1. The van der Waals surface area contributed by atoms with Crippen LogP contribution < -0.4 is 15.4 Å². The van der Waals surface area contributed by atoms with Crippen LogP contribution >= 0.6 is 12.2 Å². The van der Waals surface area contributed by atoms with Gasteiger partial charge in [0.2, 0.25) is 0 Å². The average Bonchev–Trinajstić information content (AvgIpc) is 2.49. The number of benzene rings is 2. The predicted molar refractivity (Wildman–Crippen MR) is 99.0 cm³/mol. The minimum atomic E-state index is -0.688. The summed E-state index contributed by atoms with van der Waals surface area (Å²) >= 11 is 5.27. The largest absolute Gasteiger partial charge is 0.487 e. The lowest BCUT2D eigenvalue weighted by Crippen LogP contribution is -2.42. The summed E-state index contributed by atoms with van der Waals surface area (Å²) in [5.74, 6) is -0.575. The number of thiocarbonyl (C=S) groups is 1. The third kappa shape index (κ3) is 3.90. The molecular weight excluding hydrogens is 342 g/mol. The normalized spacial score (nSPS) is 18.0. The smallest absolute Gasteiger partial charge is 0.171 e. The van der Waals surface area contributed by atoms with Crippen LogP contribution in [0, 0.1) is 18.6 Å². The zero-order valence-electron chi connectivity index (χ0n) is 14.3. The molecule has 1 aliphatic rings. The summed E-state index contributed by atoms with van der Waals surface area (Å²) in [7, 11) is 0. The van der Waals surface area contributed by atoms with Crippen molar-refractivity contribution < 1.29 is 13.5 Å². The molecule has 0 aromatic heterocycles. The van der Waals surface area contributed by atoms with Gasteiger partial charge in [-0.3, -0.25) is 0 Å². The van der Waals surface area contributed by atoms with Crippen molar-refractivity contribution in [2.45, 2.75) is 38.8 Å². The number of halogens is 2. The van der Waals surface area contributed by atoms with Crippen molar-refractivity contribution in [3.63, 3.8) is 0 Å². The first kappa shape index (κ1) is 17.6. The number of anilines is 1. The quantitative estimate of drug-likeness (QED) is 0.748. The number of para-hydroxylation sites is 1. The van der Waals surface area contributed by atoms with Crippen LogP contribution in [-0.2, 0) is 0 Å². The number of hydrogen-bond donors (Lipinski definition) is 2. The molecule has 6 heteroatoms. The maximum atomic E-state index is 13.8. The fourth-order valence-corrected chi connectivity index (χ4v) is 3.26. The predicted octanol–water partition coefficient (Wildman–Crippen LogP) is 4.86. The summed E-state index contributed by atoms with van der Waals surface area (Å²) in [6.07, 6.45) is 0.671. The van der Waals surface area contributed by atoms with Crippen LogP contribution in [0.15, 0.2) is 36.4 Å². The van der Waals surface area contributed by atoms with Crippen molar-refractivity contribution in [2.24, 2.45) is 0 Å². The van der Waals surface area contributed by atoms with Crippen molar-refractivity contribution in [2.75, 3.05) is 5.32 Å². The Kier molecular flexibility index (Phi) is 4.64. The summed E-state index contributed by atoms with van der Waals surface area (Å²) < 4.78 is 33.6. The van der Waals surface area contributed by atoms with Gasteiger partial charge in [-0.1, -0.05) is 18.2 Å². The van der Waals surface area contributed by atoms with Gasteiger partial charge in [0, 0.05) is 12.0 Å². The monoisotopic (exact) mass is 362 g/mol. The third-order valence-corrected chi connectivity index (χ3v) is 4.35. The topological polar surface area (TPSA) is 33.3 Å². The second-order valence-corrected chi connectivity index (χ2v) is 7.26. The Morgan fingerprint density at radius 2 is 1.88 bits per heavy atom. The molecule has 0 fully saturated rings. The molecule has 1 atom stereocenters. The zero-order valence-corrected chi connectivity index (χ0v) is 15.1. The molecule has 1 aliphatic heterocycles. The lowest BCUT2D eigenvalue weighted by molar-refractivity contribution is 0.0696. The summed E-state index contributed by atoms with van der Waals surface area (Å²) in [6.45, 7) is 6.00. The van der Waals surface area contributed by atoms with Gasteiger partial charge in [-0.05, 0) is 56.8 Å². The molecule has 0 saturated heterocycles. The van der Waals surface area contributed by atoms with Crippen LogP contribution in [0.2, 0.25) is 0 Å². The second kappa shape index (κ2) is 6.59. The Hall–Kier alpha value is -2.21. The van der Waals surface area contributed by atoms with E-state index in [1.54, 1.807) is 0 Å². The molecule has 3 nitrogen and oxygen atoms in total. The van der Waals surface area contributed by atoms with Gasteiger partial charge in [-0.15, -0.1) is 0 Å². The standard InChI is InChI=1S/C19H20F2N2OS/c1-11-7-8-12-15(10-19(2,3)24-16(12)9-11)22-18(25)23-17-13(20)5-4-6-14(17)21/h4-9,15H,10H2,1-3H3,(H2,22,23,25). The maximum absolute atomic E-state index is 13.8. The third-order valence-electron chi connectivity index (χ3n) is 4.13. The van der Waals surface area contributed by atoms with E-state index in [-0.39, 0.29) is 22.4 Å². The Morgan fingerprint density at radius 3 is 2.56 bits per heavy atom. The summed E-state index contributed by atoms with van der Waals surface area (Å²) in [5.41, 5.74) is 1.44. The molecule has 3 rings (SSSR count). The highest BCUT2D eigenvalue weighted by Crippen LogP contribution is 2.39. The van der Waals surface area contributed by atoms with Crippen LogP contribution in [-0.4, -0.2) is 10.7 Å². The van der Waals surface area contributed by atoms with Crippen LogP contribution in [0.5, 0.6) is 5.75 Å². The number of nitrogens with one attached hydrogen (secondary N) is 2. The molecule has 2 aromatic carbocycles. The SMILES string of the molecule is Cc1ccc2c(c1)OC(C)(C)CC2NC(=S)Nc1c(F)cccc1F. The van der Waals surface area contributed by atoms with E-state index in [9.17, 15) is 8.78 Å². The van der Waals surface area contributed by atoms with E-state index in [0.29, 0.717) is 6.42 Å². The Balaban J connectivity index is 1.82. The van der Waals surface area contributed by atoms with Crippen molar-refractivity contribution in [3.05, 3.63) is 59.2 Å². The van der Waals surface area contributed by atoms with Gasteiger partial charge < -0.3 is 15.4 Å². The fraction of sp³-hybridized carbons (Fsp3) is 0.316. The van der Waals surface area contributed by atoms with Crippen LogP contribution in [0.25, 0.3) is 0 Å². The molecule has 1 heterocycles. The van der Waals surface area contributed by atoms with Gasteiger partial charge in [-0.25, -0.2) is 8.78 Å². The first-order valence-corrected chi connectivity index (χ1v) is 8.47. The van der Waals surface area contributed by atoms with E-state index in [1.807, 2.05) is 39.0 Å². The summed E-state index contributed by atoms with van der Waals surface area (Å²) in [4.78, 5) is 0. The number of hydrogen-bond acceptors (Lipinski definition) is 2.